The van der Waals surface area contributed by atoms with Crippen LogP contribution < -0.4 is 10.5 Å². The van der Waals surface area contributed by atoms with Crippen molar-refractivity contribution < 1.29 is 19.6 Å². The zero-order chi connectivity index (χ0) is 13.7. The molecule has 0 aliphatic rings. The SMILES string of the molecule is COc1cc(C#CCC(=O)O)c(N)c([N+](=O)[O-])c1. The summed E-state index contributed by atoms with van der Waals surface area (Å²) < 4.78 is 4.88. The third kappa shape index (κ3) is 3.12. The Morgan fingerprint density at radius 2 is 2.28 bits per heavy atom. The van der Waals surface area contributed by atoms with Crippen LogP contribution in [0.1, 0.15) is 12.0 Å². The fourth-order valence-electron chi connectivity index (χ4n) is 1.20. The number of hydrogen-bond donors (Lipinski definition) is 2. The number of nitrogens with two attached hydrogens (primary N) is 1. The Bertz CT molecular complexity index is 557. The van der Waals surface area contributed by atoms with Crippen molar-refractivity contribution in [1.29, 1.82) is 0 Å². The van der Waals surface area contributed by atoms with E-state index in [9.17, 15) is 14.9 Å². The minimum atomic E-state index is -1.08. The number of carbonyl (C=O) groups is 1. The van der Waals surface area contributed by atoms with Crippen molar-refractivity contribution in [3.63, 3.8) is 0 Å². The van der Waals surface area contributed by atoms with E-state index in [1.807, 2.05) is 0 Å². The number of rotatable bonds is 3. The first-order chi connectivity index (χ1) is 8.45. The summed E-state index contributed by atoms with van der Waals surface area (Å²) in [7, 11) is 1.35. The van der Waals surface area contributed by atoms with Crippen LogP contribution in [0, 0.1) is 22.0 Å². The van der Waals surface area contributed by atoms with Crippen molar-refractivity contribution in [2.24, 2.45) is 0 Å². The summed E-state index contributed by atoms with van der Waals surface area (Å²) in [4.78, 5) is 20.4. The molecule has 0 heterocycles. The van der Waals surface area contributed by atoms with Crippen molar-refractivity contribution in [2.75, 3.05) is 12.8 Å². The van der Waals surface area contributed by atoms with Gasteiger partial charge in [0, 0.05) is 0 Å². The number of carboxylic acid groups (broad SMARTS) is 1. The van der Waals surface area contributed by atoms with Crippen LogP contribution >= 0.6 is 0 Å². The lowest BCUT2D eigenvalue weighted by molar-refractivity contribution is -0.384. The average Bonchev–Trinajstić information content (AvgIpc) is 2.30. The minimum Gasteiger partial charge on any atom is -0.496 e. The fourth-order valence-corrected chi connectivity index (χ4v) is 1.20. The first-order valence-corrected chi connectivity index (χ1v) is 4.78. The molecule has 0 radical (unpaired) electrons. The van der Waals surface area contributed by atoms with E-state index in [0.717, 1.165) is 0 Å². The molecule has 7 nitrogen and oxygen atoms in total. The van der Waals surface area contributed by atoms with Crippen LogP contribution in [0.4, 0.5) is 11.4 Å². The number of anilines is 1. The van der Waals surface area contributed by atoms with Crippen molar-refractivity contribution in [2.45, 2.75) is 6.42 Å². The Kier molecular flexibility index (Phi) is 4.10. The molecule has 18 heavy (non-hydrogen) atoms. The van der Waals surface area contributed by atoms with E-state index >= 15 is 0 Å². The van der Waals surface area contributed by atoms with Gasteiger partial charge in [-0.05, 0) is 6.07 Å². The first kappa shape index (κ1) is 13.3. The summed E-state index contributed by atoms with van der Waals surface area (Å²) in [5.74, 6) is 3.97. The molecular formula is C11H10N2O5. The second-order valence-electron chi connectivity index (χ2n) is 3.24. The number of aliphatic carboxylic acids is 1. The summed E-state index contributed by atoms with van der Waals surface area (Å²) in [6.45, 7) is 0. The van der Waals surface area contributed by atoms with E-state index < -0.39 is 10.9 Å². The maximum atomic E-state index is 10.8. The molecule has 1 rings (SSSR count). The lowest BCUT2D eigenvalue weighted by Crippen LogP contribution is -2.00. The molecule has 0 unspecified atom stereocenters. The third-order valence-corrected chi connectivity index (χ3v) is 2.03. The number of ether oxygens (including phenoxy) is 1. The van der Waals surface area contributed by atoms with E-state index in [1.165, 1.54) is 19.2 Å². The highest BCUT2D eigenvalue weighted by Gasteiger charge is 2.16. The van der Waals surface area contributed by atoms with Crippen LogP contribution in [0.3, 0.4) is 0 Å². The normalized spacial score (nSPS) is 9.17. The number of nitrogens with zero attached hydrogens (tertiary/aromatic N) is 1. The number of hydrogen-bond acceptors (Lipinski definition) is 5. The smallest absolute Gasteiger partial charge is 0.315 e. The predicted octanol–water partition coefficient (Wildman–Crippen LogP) is 1.01. The Morgan fingerprint density at radius 1 is 1.61 bits per heavy atom. The molecule has 0 fully saturated rings. The lowest BCUT2D eigenvalue weighted by atomic mass is 10.1. The molecule has 1 aromatic carbocycles. The fraction of sp³-hybridized carbons (Fsp3) is 0.182. The Balaban J connectivity index is 3.24. The van der Waals surface area contributed by atoms with Crippen LogP contribution in [-0.2, 0) is 4.79 Å². The predicted molar refractivity (Wildman–Crippen MR) is 63.2 cm³/mol. The topological polar surface area (TPSA) is 116 Å². The van der Waals surface area contributed by atoms with E-state index in [0.29, 0.717) is 0 Å². The van der Waals surface area contributed by atoms with E-state index in [4.69, 9.17) is 15.6 Å². The van der Waals surface area contributed by atoms with E-state index in [2.05, 4.69) is 11.8 Å². The van der Waals surface area contributed by atoms with Crippen molar-refractivity contribution in [3.8, 4) is 17.6 Å². The molecule has 0 aliphatic carbocycles. The maximum Gasteiger partial charge on any atom is 0.315 e. The number of nitro benzene ring substituents is 1. The van der Waals surface area contributed by atoms with Crippen LogP contribution in [0.25, 0.3) is 0 Å². The average molecular weight is 250 g/mol. The minimum absolute atomic E-state index is 0.112. The Hall–Kier alpha value is -2.75. The second-order valence-corrected chi connectivity index (χ2v) is 3.24. The molecule has 7 heteroatoms. The highest BCUT2D eigenvalue weighted by molar-refractivity contribution is 5.73. The number of carboxylic acids is 1. The van der Waals surface area contributed by atoms with E-state index in [-0.39, 0.29) is 29.1 Å². The van der Waals surface area contributed by atoms with Gasteiger partial charge in [-0.25, -0.2) is 0 Å². The van der Waals surface area contributed by atoms with Gasteiger partial charge in [0.05, 0.1) is 23.7 Å². The monoisotopic (exact) mass is 250 g/mol. The van der Waals surface area contributed by atoms with E-state index in [1.54, 1.807) is 0 Å². The van der Waals surface area contributed by atoms with Crippen molar-refractivity contribution >= 4 is 17.3 Å². The molecule has 0 amide bonds. The molecule has 0 aromatic heterocycles. The number of methoxy groups -OCH3 is 1. The van der Waals surface area contributed by atoms with Crippen molar-refractivity contribution in [1.82, 2.24) is 0 Å². The molecule has 0 saturated heterocycles. The summed E-state index contributed by atoms with van der Waals surface area (Å²) in [6.07, 6.45) is -0.371. The van der Waals surface area contributed by atoms with Gasteiger partial charge in [0.1, 0.15) is 17.9 Å². The molecule has 1 aromatic rings. The van der Waals surface area contributed by atoms with Gasteiger partial charge in [-0.3, -0.25) is 14.9 Å². The zero-order valence-electron chi connectivity index (χ0n) is 9.47. The standard InChI is InChI=1S/C11H10N2O5/c1-18-8-5-7(3-2-4-10(14)15)11(12)9(6-8)13(16)17/h5-6H,4,12H2,1H3,(H,14,15). The first-order valence-electron chi connectivity index (χ1n) is 4.78. The summed E-state index contributed by atoms with van der Waals surface area (Å²) in [6, 6.07) is 2.59. The molecule has 0 bridgehead atoms. The van der Waals surface area contributed by atoms with Gasteiger partial charge in [0.25, 0.3) is 5.69 Å². The molecule has 94 valence electrons. The van der Waals surface area contributed by atoms with Gasteiger partial charge in [-0.15, -0.1) is 0 Å². The highest BCUT2D eigenvalue weighted by Crippen LogP contribution is 2.30. The van der Waals surface area contributed by atoms with Gasteiger partial charge in [0.15, 0.2) is 0 Å². The van der Waals surface area contributed by atoms with Gasteiger partial charge in [-0.1, -0.05) is 11.8 Å². The molecular weight excluding hydrogens is 240 g/mol. The Labute approximate surface area is 102 Å². The molecule has 3 N–H and O–H groups in total. The zero-order valence-corrected chi connectivity index (χ0v) is 9.47. The number of benzene rings is 1. The molecule has 0 aliphatic heterocycles. The van der Waals surface area contributed by atoms with Crippen LogP contribution in [0.5, 0.6) is 5.75 Å². The summed E-state index contributed by atoms with van der Waals surface area (Å²) >= 11 is 0. The lowest BCUT2D eigenvalue weighted by Gasteiger charge is -2.04. The molecule has 0 atom stereocenters. The largest absolute Gasteiger partial charge is 0.496 e. The Morgan fingerprint density at radius 3 is 2.78 bits per heavy atom. The van der Waals surface area contributed by atoms with Gasteiger partial charge < -0.3 is 15.6 Å². The van der Waals surface area contributed by atoms with Crippen LogP contribution in [0.15, 0.2) is 12.1 Å². The van der Waals surface area contributed by atoms with Crippen molar-refractivity contribution in [3.05, 3.63) is 27.8 Å². The quantitative estimate of drug-likeness (QED) is 0.358. The van der Waals surface area contributed by atoms with Crippen LogP contribution in [0.2, 0.25) is 0 Å². The molecule has 0 spiro atoms. The maximum absolute atomic E-state index is 10.8. The van der Waals surface area contributed by atoms with Crippen LogP contribution in [-0.4, -0.2) is 23.1 Å². The highest BCUT2D eigenvalue weighted by atomic mass is 16.6. The number of nitrogen functional groups attached to an aromatic ring is 1. The summed E-state index contributed by atoms with van der Waals surface area (Å²) in [5, 5.41) is 19.2. The molecule has 0 saturated carbocycles. The third-order valence-electron chi connectivity index (χ3n) is 2.03. The van der Waals surface area contributed by atoms with Gasteiger partial charge in [-0.2, -0.15) is 0 Å². The second kappa shape index (κ2) is 5.54. The van der Waals surface area contributed by atoms with Gasteiger partial charge >= 0.3 is 5.97 Å². The van der Waals surface area contributed by atoms with Gasteiger partial charge in [0.2, 0.25) is 0 Å². The number of nitro groups is 1. The summed E-state index contributed by atoms with van der Waals surface area (Å²) in [5.41, 5.74) is 5.31.